The second-order valence-corrected chi connectivity index (χ2v) is 8.92. The van der Waals surface area contributed by atoms with Gasteiger partial charge in [0.05, 0.1) is 4.34 Å². The van der Waals surface area contributed by atoms with Gasteiger partial charge in [-0.05, 0) is 51.2 Å². The summed E-state index contributed by atoms with van der Waals surface area (Å²) in [5.41, 5.74) is 3.11. The molecule has 2 aromatic heterocycles. The standard InChI is InChI=1S/C19H25ClN4OS/c1-2-24-16-7-5-13(21-12-14-6-8-17(20)26-14)11-15(16)18(22-24)19(25)23-9-3-4-10-23/h6,8,13,21H,2-5,7,9-12H2,1H3. The molecule has 1 fully saturated rings. The molecule has 2 aromatic rings. The van der Waals surface area contributed by atoms with Crippen molar-refractivity contribution in [3.63, 3.8) is 0 Å². The lowest BCUT2D eigenvalue weighted by atomic mass is 9.91. The summed E-state index contributed by atoms with van der Waals surface area (Å²) < 4.78 is 2.86. The topological polar surface area (TPSA) is 50.2 Å². The summed E-state index contributed by atoms with van der Waals surface area (Å²) in [6, 6.07) is 4.40. The smallest absolute Gasteiger partial charge is 0.274 e. The molecule has 1 unspecified atom stereocenters. The number of amides is 1. The van der Waals surface area contributed by atoms with E-state index in [1.165, 1.54) is 10.6 Å². The first kappa shape index (κ1) is 18.0. The van der Waals surface area contributed by atoms with Crippen LogP contribution in [0.3, 0.4) is 0 Å². The molecule has 3 heterocycles. The zero-order chi connectivity index (χ0) is 18.1. The maximum atomic E-state index is 13.0. The first-order valence-corrected chi connectivity index (χ1v) is 10.7. The highest BCUT2D eigenvalue weighted by molar-refractivity contribution is 7.16. The fourth-order valence-electron chi connectivity index (χ4n) is 4.06. The lowest BCUT2D eigenvalue weighted by Crippen LogP contribution is -2.35. The number of carbonyl (C=O) groups is 1. The summed E-state index contributed by atoms with van der Waals surface area (Å²) in [4.78, 5) is 16.2. The Morgan fingerprint density at radius 3 is 2.88 bits per heavy atom. The third-order valence-corrected chi connectivity index (χ3v) is 6.67. The number of rotatable bonds is 5. The summed E-state index contributed by atoms with van der Waals surface area (Å²) in [7, 11) is 0. The van der Waals surface area contributed by atoms with E-state index in [4.69, 9.17) is 16.7 Å². The average Bonchev–Trinajstić information content (AvgIpc) is 3.39. The lowest BCUT2D eigenvalue weighted by molar-refractivity contribution is 0.0785. The number of aryl methyl sites for hydroxylation is 1. The van der Waals surface area contributed by atoms with Crippen molar-refractivity contribution < 1.29 is 4.79 Å². The van der Waals surface area contributed by atoms with E-state index in [0.717, 1.165) is 68.2 Å². The Labute approximate surface area is 163 Å². The van der Waals surface area contributed by atoms with E-state index in [1.54, 1.807) is 11.3 Å². The van der Waals surface area contributed by atoms with E-state index in [-0.39, 0.29) is 5.91 Å². The zero-order valence-electron chi connectivity index (χ0n) is 15.1. The molecular weight excluding hydrogens is 368 g/mol. The summed E-state index contributed by atoms with van der Waals surface area (Å²) in [6.07, 6.45) is 5.15. The van der Waals surface area contributed by atoms with Gasteiger partial charge in [0, 0.05) is 48.4 Å². The molecule has 1 aliphatic heterocycles. The number of fused-ring (bicyclic) bond motifs is 1. The molecule has 4 rings (SSSR count). The van der Waals surface area contributed by atoms with Crippen molar-refractivity contribution in [3.8, 4) is 0 Å². The highest BCUT2D eigenvalue weighted by atomic mass is 35.5. The maximum Gasteiger partial charge on any atom is 0.274 e. The Bertz CT molecular complexity index is 794. The van der Waals surface area contributed by atoms with Gasteiger partial charge in [0.25, 0.3) is 5.91 Å². The summed E-state index contributed by atoms with van der Waals surface area (Å²) in [6.45, 7) is 5.49. The van der Waals surface area contributed by atoms with Crippen molar-refractivity contribution in [1.82, 2.24) is 20.0 Å². The average molecular weight is 393 g/mol. The van der Waals surface area contributed by atoms with E-state index in [2.05, 4.69) is 18.3 Å². The molecule has 0 spiro atoms. The quantitative estimate of drug-likeness (QED) is 0.847. The van der Waals surface area contributed by atoms with Gasteiger partial charge in [-0.3, -0.25) is 9.48 Å². The van der Waals surface area contributed by atoms with Crippen LogP contribution < -0.4 is 5.32 Å². The summed E-state index contributed by atoms with van der Waals surface area (Å²) >= 11 is 7.64. The number of hydrogen-bond donors (Lipinski definition) is 1. The van der Waals surface area contributed by atoms with E-state index in [0.29, 0.717) is 11.7 Å². The van der Waals surface area contributed by atoms with Crippen LogP contribution in [0.4, 0.5) is 0 Å². The van der Waals surface area contributed by atoms with Crippen LogP contribution in [0.25, 0.3) is 0 Å². The van der Waals surface area contributed by atoms with Crippen LogP contribution in [-0.2, 0) is 25.9 Å². The third-order valence-electron chi connectivity index (χ3n) is 5.44. The third kappa shape index (κ3) is 3.55. The van der Waals surface area contributed by atoms with E-state index < -0.39 is 0 Å². The zero-order valence-corrected chi connectivity index (χ0v) is 16.7. The first-order valence-electron chi connectivity index (χ1n) is 9.51. The van der Waals surface area contributed by atoms with Gasteiger partial charge in [-0.2, -0.15) is 5.10 Å². The minimum Gasteiger partial charge on any atom is -0.337 e. The Morgan fingerprint density at radius 2 is 2.19 bits per heavy atom. The van der Waals surface area contributed by atoms with Gasteiger partial charge >= 0.3 is 0 Å². The van der Waals surface area contributed by atoms with Gasteiger partial charge in [-0.25, -0.2) is 0 Å². The molecule has 1 amide bonds. The van der Waals surface area contributed by atoms with Crippen LogP contribution in [0.15, 0.2) is 12.1 Å². The molecule has 26 heavy (non-hydrogen) atoms. The Morgan fingerprint density at radius 1 is 1.38 bits per heavy atom. The van der Waals surface area contributed by atoms with Crippen LogP contribution in [-0.4, -0.2) is 39.7 Å². The second-order valence-electron chi connectivity index (χ2n) is 7.12. The number of thiophene rings is 1. The van der Waals surface area contributed by atoms with Crippen LogP contribution >= 0.6 is 22.9 Å². The first-order chi connectivity index (χ1) is 12.7. The highest BCUT2D eigenvalue weighted by Crippen LogP contribution is 2.27. The minimum absolute atomic E-state index is 0.122. The van der Waals surface area contributed by atoms with Crippen LogP contribution in [0.2, 0.25) is 4.34 Å². The van der Waals surface area contributed by atoms with Gasteiger partial charge in [-0.1, -0.05) is 11.6 Å². The van der Waals surface area contributed by atoms with E-state index in [1.807, 2.05) is 15.6 Å². The van der Waals surface area contributed by atoms with Gasteiger partial charge in [0.1, 0.15) is 0 Å². The number of aromatic nitrogens is 2. The predicted molar refractivity (Wildman–Crippen MR) is 105 cm³/mol. The van der Waals surface area contributed by atoms with Crippen molar-refractivity contribution >= 4 is 28.8 Å². The molecule has 5 nitrogen and oxygen atoms in total. The number of halogens is 1. The molecule has 1 N–H and O–H groups in total. The number of hydrogen-bond acceptors (Lipinski definition) is 4. The molecule has 140 valence electrons. The number of carbonyl (C=O) groups excluding carboxylic acids is 1. The molecule has 2 aliphatic rings. The largest absolute Gasteiger partial charge is 0.337 e. The molecular formula is C19H25ClN4OS. The van der Waals surface area contributed by atoms with Crippen molar-refractivity contribution in [2.24, 2.45) is 0 Å². The Balaban J connectivity index is 1.50. The normalized spacial score (nSPS) is 19.8. The number of nitrogens with one attached hydrogen (secondary N) is 1. The molecule has 1 aliphatic carbocycles. The molecule has 0 bridgehead atoms. The summed E-state index contributed by atoms with van der Waals surface area (Å²) in [5.74, 6) is 0.122. The van der Waals surface area contributed by atoms with E-state index in [9.17, 15) is 4.79 Å². The van der Waals surface area contributed by atoms with Gasteiger partial charge in [-0.15, -0.1) is 11.3 Å². The molecule has 0 radical (unpaired) electrons. The molecule has 7 heteroatoms. The predicted octanol–water partition coefficient (Wildman–Crippen LogP) is 3.50. The summed E-state index contributed by atoms with van der Waals surface area (Å²) in [5, 5.41) is 8.34. The van der Waals surface area contributed by atoms with Crippen LogP contribution in [0.5, 0.6) is 0 Å². The van der Waals surface area contributed by atoms with Crippen molar-refractivity contribution in [3.05, 3.63) is 38.3 Å². The molecule has 0 saturated carbocycles. The van der Waals surface area contributed by atoms with Crippen molar-refractivity contribution in [1.29, 1.82) is 0 Å². The van der Waals surface area contributed by atoms with E-state index >= 15 is 0 Å². The minimum atomic E-state index is 0.122. The van der Waals surface area contributed by atoms with Crippen LogP contribution in [0.1, 0.15) is 52.8 Å². The number of nitrogens with zero attached hydrogens (tertiary/aromatic N) is 3. The Kier molecular flexibility index (Phi) is 5.34. The lowest BCUT2D eigenvalue weighted by Gasteiger charge is -2.25. The van der Waals surface area contributed by atoms with Crippen LogP contribution in [0, 0.1) is 0 Å². The Hall–Kier alpha value is -1.37. The molecule has 1 saturated heterocycles. The highest BCUT2D eigenvalue weighted by Gasteiger charge is 2.31. The van der Waals surface area contributed by atoms with Crippen molar-refractivity contribution in [2.45, 2.75) is 58.2 Å². The SMILES string of the molecule is CCn1nc(C(=O)N2CCCC2)c2c1CCC(NCc1ccc(Cl)s1)C2. The molecule has 0 aromatic carbocycles. The fourth-order valence-corrected chi connectivity index (χ4v) is 5.10. The van der Waals surface area contributed by atoms with Gasteiger partial charge in [0.2, 0.25) is 0 Å². The van der Waals surface area contributed by atoms with Gasteiger partial charge < -0.3 is 10.2 Å². The monoisotopic (exact) mass is 392 g/mol. The maximum absolute atomic E-state index is 13.0. The van der Waals surface area contributed by atoms with Gasteiger partial charge in [0.15, 0.2) is 5.69 Å². The fraction of sp³-hybridized carbons (Fsp3) is 0.579. The van der Waals surface area contributed by atoms with Crippen molar-refractivity contribution in [2.75, 3.05) is 13.1 Å². The molecule has 1 atom stereocenters. The second kappa shape index (κ2) is 7.71. The number of likely N-dealkylation sites (tertiary alicyclic amines) is 1.